The van der Waals surface area contributed by atoms with Crippen LogP contribution in [0.5, 0.6) is 0 Å². The van der Waals surface area contributed by atoms with E-state index >= 15 is 0 Å². The Bertz CT molecular complexity index is 586. The zero-order valence-corrected chi connectivity index (χ0v) is 10.7. The van der Waals surface area contributed by atoms with Crippen LogP contribution >= 0.6 is 0 Å². The molecular formula is C12H13N3O5. The van der Waals surface area contributed by atoms with Crippen LogP contribution in [0.2, 0.25) is 0 Å². The lowest BCUT2D eigenvalue weighted by Crippen LogP contribution is -2.27. The number of nitrogens with two attached hydrogens (primary N) is 1. The number of hydrogen-bond donors (Lipinski definition) is 1. The number of ether oxygens (including phenoxy) is 1. The smallest absolute Gasteiger partial charge is 0.311 e. The first-order chi connectivity index (χ1) is 9.43. The number of anilines is 2. The van der Waals surface area contributed by atoms with Gasteiger partial charge in [0.25, 0.3) is 5.69 Å². The molecule has 0 radical (unpaired) electrons. The van der Waals surface area contributed by atoms with E-state index in [1.165, 1.54) is 30.2 Å². The lowest BCUT2D eigenvalue weighted by atomic mass is 10.1. The topological polar surface area (TPSA) is 116 Å². The molecule has 0 bridgehead atoms. The summed E-state index contributed by atoms with van der Waals surface area (Å²) in [5.74, 6) is -1.26. The van der Waals surface area contributed by atoms with Crippen molar-refractivity contribution in [2.75, 3.05) is 24.3 Å². The second-order valence-electron chi connectivity index (χ2n) is 4.43. The summed E-state index contributed by atoms with van der Waals surface area (Å²) in [4.78, 5) is 34.8. The molecule has 20 heavy (non-hydrogen) atoms. The van der Waals surface area contributed by atoms with E-state index in [9.17, 15) is 19.7 Å². The van der Waals surface area contributed by atoms with Gasteiger partial charge < -0.3 is 15.4 Å². The second kappa shape index (κ2) is 5.16. The first-order valence-corrected chi connectivity index (χ1v) is 5.86. The summed E-state index contributed by atoms with van der Waals surface area (Å²) in [5.41, 5.74) is 6.08. The first-order valence-electron chi connectivity index (χ1n) is 5.86. The highest BCUT2D eigenvalue weighted by molar-refractivity contribution is 6.01. The van der Waals surface area contributed by atoms with E-state index in [2.05, 4.69) is 4.74 Å². The number of esters is 1. The van der Waals surface area contributed by atoms with Crippen molar-refractivity contribution < 1.29 is 19.2 Å². The number of nitrogens with zero attached hydrogens (tertiary/aromatic N) is 2. The van der Waals surface area contributed by atoms with Crippen molar-refractivity contribution in [3.05, 3.63) is 28.3 Å². The summed E-state index contributed by atoms with van der Waals surface area (Å²) < 4.78 is 4.61. The molecule has 1 saturated heterocycles. The van der Waals surface area contributed by atoms with Crippen molar-refractivity contribution in [2.45, 2.75) is 6.42 Å². The zero-order valence-electron chi connectivity index (χ0n) is 10.7. The normalized spacial score (nSPS) is 18.1. The third-order valence-corrected chi connectivity index (χ3v) is 3.17. The molecule has 8 nitrogen and oxygen atoms in total. The van der Waals surface area contributed by atoms with Gasteiger partial charge >= 0.3 is 5.97 Å². The van der Waals surface area contributed by atoms with Gasteiger partial charge in [-0.2, -0.15) is 0 Å². The molecule has 1 aromatic rings. The summed E-state index contributed by atoms with van der Waals surface area (Å²) in [6.07, 6.45) is 0.0447. The van der Waals surface area contributed by atoms with Gasteiger partial charge in [-0.25, -0.2) is 0 Å². The van der Waals surface area contributed by atoms with Crippen LogP contribution in [0, 0.1) is 16.0 Å². The second-order valence-corrected chi connectivity index (χ2v) is 4.43. The van der Waals surface area contributed by atoms with Crippen molar-refractivity contribution >= 4 is 28.9 Å². The molecule has 1 heterocycles. The molecule has 1 atom stereocenters. The van der Waals surface area contributed by atoms with Crippen molar-refractivity contribution in [2.24, 2.45) is 5.92 Å². The largest absolute Gasteiger partial charge is 0.469 e. The van der Waals surface area contributed by atoms with Gasteiger partial charge in [0.05, 0.1) is 29.3 Å². The number of methoxy groups -OCH3 is 1. The molecular weight excluding hydrogens is 266 g/mol. The predicted molar refractivity (Wildman–Crippen MR) is 70.0 cm³/mol. The fourth-order valence-electron chi connectivity index (χ4n) is 2.17. The van der Waals surface area contributed by atoms with Crippen LogP contribution in [0.3, 0.4) is 0 Å². The number of rotatable bonds is 3. The molecule has 1 aliphatic rings. The summed E-state index contributed by atoms with van der Waals surface area (Å²) in [7, 11) is 1.26. The third-order valence-electron chi connectivity index (χ3n) is 3.17. The van der Waals surface area contributed by atoms with Gasteiger partial charge in [-0.3, -0.25) is 19.7 Å². The highest BCUT2D eigenvalue weighted by atomic mass is 16.6. The minimum Gasteiger partial charge on any atom is -0.469 e. The van der Waals surface area contributed by atoms with E-state index in [0.717, 1.165) is 0 Å². The minimum absolute atomic E-state index is 0.0447. The van der Waals surface area contributed by atoms with Crippen LogP contribution in [-0.4, -0.2) is 30.5 Å². The van der Waals surface area contributed by atoms with E-state index in [1.54, 1.807) is 0 Å². The number of nitro groups is 1. The zero-order chi connectivity index (χ0) is 14.9. The van der Waals surface area contributed by atoms with E-state index < -0.39 is 16.8 Å². The van der Waals surface area contributed by atoms with Gasteiger partial charge in [0.2, 0.25) is 5.91 Å². The quantitative estimate of drug-likeness (QED) is 0.377. The molecule has 0 saturated carbocycles. The van der Waals surface area contributed by atoms with E-state index in [1.807, 2.05) is 0 Å². The molecule has 1 unspecified atom stereocenters. The maximum Gasteiger partial charge on any atom is 0.311 e. The Kier molecular flexibility index (Phi) is 3.55. The number of nitro benzene ring substituents is 1. The van der Waals surface area contributed by atoms with Crippen LogP contribution in [0.1, 0.15) is 6.42 Å². The Morgan fingerprint density at radius 1 is 1.55 bits per heavy atom. The first kappa shape index (κ1) is 13.8. The van der Waals surface area contributed by atoms with Crippen LogP contribution in [0.25, 0.3) is 0 Å². The van der Waals surface area contributed by atoms with Crippen molar-refractivity contribution in [1.29, 1.82) is 0 Å². The monoisotopic (exact) mass is 279 g/mol. The van der Waals surface area contributed by atoms with Gasteiger partial charge in [0, 0.05) is 25.1 Å². The standard InChI is InChI=1S/C12H13N3O5/c1-20-12(17)7-4-11(16)14(6-7)10-3-2-8(15(18)19)5-9(10)13/h2-3,5,7H,4,6,13H2,1H3. The summed E-state index contributed by atoms with van der Waals surface area (Å²) in [6.45, 7) is 0.160. The van der Waals surface area contributed by atoms with Crippen LogP contribution in [0.4, 0.5) is 17.1 Å². The molecule has 8 heteroatoms. The highest BCUT2D eigenvalue weighted by Crippen LogP contribution is 2.32. The minimum atomic E-state index is -0.566. The number of non-ortho nitro benzene ring substituents is 1. The molecule has 2 N–H and O–H groups in total. The van der Waals surface area contributed by atoms with Crippen LogP contribution in [0.15, 0.2) is 18.2 Å². The fourth-order valence-corrected chi connectivity index (χ4v) is 2.17. The molecule has 0 spiro atoms. The fraction of sp³-hybridized carbons (Fsp3) is 0.333. The Labute approximate surface area is 114 Å². The van der Waals surface area contributed by atoms with Crippen LogP contribution < -0.4 is 10.6 Å². The van der Waals surface area contributed by atoms with Crippen molar-refractivity contribution in [3.63, 3.8) is 0 Å². The van der Waals surface area contributed by atoms with Crippen molar-refractivity contribution in [1.82, 2.24) is 0 Å². The van der Waals surface area contributed by atoms with Gasteiger partial charge in [-0.15, -0.1) is 0 Å². The van der Waals surface area contributed by atoms with Crippen LogP contribution in [-0.2, 0) is 14.3 Å². The van der Waals surface area contributed by atoms with E-state index in [-0.39, 0.29) is 30.2 Å². The Morgan fingerprint density at radius 2 is 2.25 bits per heavy atom. The maximum atomic E-state index is 11.9. The summed E-state index contributed by atoms with van der Waals surface area (Å²) >= 11 is 0. The number of hydrogen-bond acceptors (Lipinski definition) is 6. The number of benzene rings is 1. The molecule has 1 amide bonds. The van der Waals surface area contributed by atoms with Gasteiger partial charge in [-0.05, 0) is 6.07 Å². The highest BCUT2D eigenvalue weighted by Gasteiger charge is 2.36. The van der Waals surface area contributed by atoms with Gasteiger partial charge in [0.1, 0.15) is 0 Å². The summed E-state index contributed by atoms with van der Waals surface area (Å²) in [5, 5.41) is 10.6. The average molecular weight is 279 g/mol. The molecule has 106 valence electrons. The molecule has 2 rings (SSSR count). The average Bonchev–Trinajstić information content (AvgIpc) is 2.79. The predicted octanol–water partition coefficient (Wildman–Crippen LogP) is 0.703. The molecule has 1 fully saturated rings. The third kappa shape index (κ3) is 2.40. The van der Waals surface area contributed by atoms with Crippen molar-refractivity contribution in [3.8, 4) is 0 Å². The SMILES string of the molecule is COC(=O)C1CC(=O)N(c2ccc([N+](=O)[O-])cc2N)C1. The van der Waals surface area contributed by atoms with Gasteiger partial charge in [0.15, 0.2) is 0 Å². The number of carbonyl (C=O) groups is 2. The maximum absolute atomic E-state index is 11.9. The summed E-state index contributed by atoms with van der Waals surface area (Å²) in [6, 6.07) is 3.86. The van der Waals surface area contributed by atoms with E-state index in [0.29, 0.717) is 5.69 Å². The Hall–Kier alpha value is -2.64. The Morgan fingerprint density at radius 3 is 2.80 bits per heavy atom. The number of nitrogen functional groups attached to an aromatic ring is 1. The van der Waals surface area contributed by atoms with Gasteiger partial charge in [-0.1, -0.05) is 0 Å². The molecule has 1 aromatic carbocycles. The molecule has 1 aliphatic heterocycles. The lowest BCUT2D eigenvalue weighted by Gasteiger charge is -2.18. The molecule has 0 aromatic heterocycles. The molecule has 0 aliphatic carbocycles. The number of carbonyl (C=O) groups excluding carboxylic acids is 2. The lowest BCUT2D eigenvalue weighted by molar-refractivity contribution is -0.384. The number of amides is 1. The van der Waals surface area contributed by atoms with E-state index in [4.69, 9.17) is 5.73 Å². The Balaban J connectivity index is 2.26.